The van der Waals surface area contributed by atoms with Crippen LogP contribution in [0.15, 0.2) is 24.3 Å². The van der Waals surface area contributed by atoms with Gasteiger partial charge in [0.05, 0.1) is 12.6 Å². The van der Waals surface area contributed by atoms with E-state index in [1.54, 1.807) is 0 Å². The quantitative estimate of drug-likeness (QED) is 0.627. The summed E-state index contributed by atoms with van der Waals surface area (Å²) >= 11 is 0. The lowest BCUT2D eigenvalue weighted by molar-refractivity contribution is -0.127. The van der Waals surface area contributed by atoms with Crippen LogP contribution in [0.5, 0.6) is 0 Å². The van der Waals surface area contributed by atoms with E-state index in [-0.39, 0.29) is 24.3 Å². The maximum Gasteiger partial charge on any atom is 0.239 e. The van der Waals surface area contributed by atoms with Crippen molar-refractivity contribution in [2.75, 3.05) is 13.6 Å². The number of hydrogen-bond acceptors (Lipinski definition) is 4. The zero-order chi connectivity index (χ0) is 19.0. The van der Waals surface area contributed by atoms with Crippen molar-refractivity contribution in [3.05, 3.63) is 35.4 Å². The van der Waals surface area contributed by atoms with Crippen molar-refractivity contribution in [2.24, 2.45) is 11.7 Å². The molecule has 25 heavy (non-hydrogen) atoms. The average Bonchev–Trinajstić information content (AvgIpc) is 2.57. The first-order chi connectivity index (χ1) is 11.7. The van der Waals surface area contributed by atoms with Crippen molar-refractivity contribution in [1.29, 1.82) is 0 Å². The Bertz CT molecular complexity index is 572. The Morgan fingerprint density at radius 1 is 1.08 bits per heavy atom. The van der Waals surface area contributed by atoms with Crippen LogP contribution < -0.4 is 16.4 Å². The first-order valence-corrected chi connectivity index (χ1v) is 8.79. The molecule has 0 aliphatic carbocycles. The highest BCUT2D eigenvalue weighted by Gasteiger charge is 2.17. The van der Waals surface area contributed by atoms with Crippen LogP contribution in [-0.4, -0.2) is 42.4 Å². The van der Waals surface area contributed by atoms with E-state index >= 15 is 0 Å². The van der Waals surface area contributed by atoms with Gasteiger partial charge in [-0.25, -0.2) is 0 Å². The molecular formula is C19H32N4O2. The van der Waals surface area contributed by atoms with Gasteiger partial charge in [-0.05, 0) is 37.9 Å². The summed E-state index contributed by atoms with van der Waals surface area (Å²) in [5, 5.41) is 5.43. The van der Waals surface area contributed by atoms with E-state index in [0.717, 1.165) is 12.1 Å². The smallest absolute Gasteiger partial charge is 0.239 e. The number of hydrogen-bond donors (Lipinski definition) is 3. The van der Waals surface area contributed by atoms with Crippen LogP contribution in [-0.2, 0) is 22.7 Å². The highest BCUT2D eigenvalue weighted by atomic mass is 16.2. The van der Waals surface area contributed by atoms with Gasteiger partial charge < -0.3 is 16.4 Å². The second-order valence-corrected chi connectivity index (χ2v) is 7.04. The SMILES string of the molecule is CC(C)[C@H](N)C(=O)NCC(=O)NCc1ccccc1CN(C)C(C)C. The third-order valence-electron chi connectivity index (χ3n) is 4.34. The fourth-order valence-electron chi connectivity index (χ4n) is 2.18. The Kier molecular flexibility index (Phi) is 8.58. The summed E-state index contributed by atoms with van der Waals surface area (Å²) in [6.07, 6.45) is 0. The number of rotatable bonds is 9. The molecule has 0 aliphatic rings. The second-order valence-electron chi connectivity index (χ2n) is 7.04. The number of nitrogens with one attached hydrogen (secondary N) is 2. The van der Waals surface area contributed by atoms with Gasteiger partial charge in [0.2, 0.25) is 11.8 Å². The topological polar surface area (TPSA) is 87.5 Å². The Labute approximate surface area is 151 Å². The van der Waals surface area contributed by atoms with E-state index in [1.165, 1.54) is 5.56 Å². The van der Waals surface area contributed by atoms with E-state index in [4.69, 9.17) is 5.73 Å². The first kappa shape index (κ1) is 21.1. The molecular weight excluding hydrogens is 316 g/mol. The predicted octanol–water partition coefficient (Wildman–Crippen LogP) is 1.24. The molecule has 6 nitrogen and oxygen atoms in total. The molecule has 140 valence electrons. The Hall–Kier alpha value is -1.92. The fraction of sp³-hybridized carbons (Fsp3) is 0.579. The van der Waals surface area contributed by atoms with E-state index < -0.39 is 6.04 Å². The zero-order valence-electron chi connectivity index (χ0n) is 16.0. The zero-order valence-corrected chi connectivity index (χ0v) is 16.0. The highest BCUT2D eigenvalue weighted by Crippen LogP contribution is 2.12. The van der Waals surface area contributed by atoms with Gasteiger partial charge in [-0.1, -0.05) is 38.1 Å². The van der Waals surface area contributed by atoms with Gasteiger partial charge in [0.15, 0.2) is 0 Å². The van der Waals surface area contributed by atoms with Gasteiger partial charge in [0, 0.05) is 19.1 Å². The van der Waals surface area contributed by atoms with E-state index in [9.17, 15) is 9.59 Å². The van der Waals surface area contributed by atoms with E-state index in [0.29, 0.717) is 12.6 Å². The summed E-state index contributed by atoms with van der Waals surface area (Å²) in [6.45, 7) is 9.23. The van der Waals surface area contributed by atoms with Crippen molar-refractivity contribution in [3.63, 3.8) is 0 Å². The normalized spacial score (nSPS) is 12.5. The van der Waals surface area contributed by atoms with E-state index in [1.807, 2.05) is 32.0 Å². The van der Waals surface area contributed by atoms with Crippen LogP contribution in [0.3, 0.4) is 0 Å². The number of benzene rings is 1. The van der Waals surface area contributed by atoms with Crippen LogP contribution in [0.25, 0.3) is 0 Å². The molecule has 0 heterocycles. The highest BCUT2D eigenvalue weighted by molar-refractivity contribution is 5.87. The van der Waals surface area contributed by atoms with Gasteiger partial charge in [-0.15, -0.1) is 0 Å². The number of carbonyl (C=O) groups excluding carboxylic acids is 2. The molecule has 1 aromatic carbocycles. The van der Waals surface area contributed by atoms with Crippen molar-refractivity contribution in [2.45, 2.75) is 52.9 Å². The molecule has 0 aliphatic heterocycles. The minimum Gasteiger partial charge on any atom is -0.350 e. The lowest BCUT2D eigenvalue weighted by atomic mass is 10.1. The third-order valence-corrected chi connectivity index (χ3v) is 4.34. The lowest BCUT2D eigenvalue weighted by Crippen LogP contribution is -2.47. The standard InChI is InChI=1S/C19H32N4O2/c1-13(2)18(20)19(25)22-11-17(24)21-10-15-8-6-7-9-16(15)12-23(5)14(3)4/h6-9,13-14,18H,10-12,20H2,1-5H3,(H,21,24)(H,22,25)/t18-/m0/s1. The minimum atomic E-state index is -0.597. The number of amides is 2. The van der Waals surface area contributed by atoms with Gasteiger partial charge >= 0.3 is 0 Å². The third kappa shape index (κ3) is 7.23. The summed E-state index contributed by atoms with van der Waals surface area (Å²) in [6, 6.07) is 7.90. The summed E-state index contributed by atoms with van der Waals surface area (Å²) in [7, 11) is 2.08. The summed E-state index contributed by atoms with van der Waals surface area (Å²) in [5.41, 5.74) is 8.02. The number of carbonyl (C=O) groups is 2. The van der Waals surface area contributed by atoms with Crippen molar-refractivity contribution < 1.29 is 9.59 Å². The number of nitrogens with two attached hydrogens (primary N) is 1. The largest absolute Gasteiger partial charge is 0.350 e. The Balaban J connectivity index is 2.52. The molecule has 6 heteroatoms. The molecule has 0 fully saturated rings. The molecule has 0 unspecified atom stereocenters. The predicted molar refractivity (Wildman–Crippen MR) is 101 cm³/mol. The van der Waals surface area contributed by atoms with Gasteiger partial charge in [-0.2, -0.15) is 0 Å². The Morgan fingerprint density at radius 3 is 2.24 bits per heavy atom. The van der Waals surface area contributed by atoms with Crippen LogP contribution in [0, 0.1) is 5.92 Å². The molecule has 1 atom stereocenters. The van der Waals surface area contributed by atoms with Gasteiger partial charge in [0.1, 0.15) is 0 Å². The monoisotopic (exact) mass is 348 g/mol. The minimum absolute atomic E-state index is 0.0351. The molecule has 1 rings (SSSR count). The summed E-state index contributed by atoms with van der Waals surface area (Å²) in [4.78, 5) is 26.0. The molecule has 4 N–H and O–H groups in total. The van der Waals surface area contributed by atoms with Crippen LogP contribution in [0.1, 0.15) is 38.8 Å². The van der Waals surface area contributed by atoms with Crippen molar-refractivity contribution in [1.82, 2.24) is 15.5 Å². The fourth-order valence-corrected chi connectivity index (χ4v) is 2.18. The van der Waals surface area contributed by atoms with Gasteiger partial charge in [-0.3, -0.25) is 14.5 Å². The van der Waals surface area contributed by atoms with Crippen molar-refractivity contribution in [3.8, 4) is 0 Å². The van der Waals surface area contributed by atoms with Crippen molar-refractivity contribution >= 4 is 11.8 Å². The molecule has 0 spiro atoms. The maximum absolute atomic E-state index is 12.0. The molecule has 1 aromatic rings. The Morgan fingerprint density at radius 2 is 1.68 bits per heavy atom. The molecule has 2 amide bonds. The van der Waals surface area contributed by atoms with Crippen LogP contribution in [0.4, 0.5) is 0 Å². The molecule has 0 aromatic heterocycles. The molecule has 0 radical (unpaired) electrons. The van der Waals surface area contributed by atoms with Crippen LogP contribution in [0.2, 0.25) is 0 Å². The molecule has 0 bridgehead atoms. The first-order valence-electron chi connectivity index (χ1n) is 8.79. The molecule has 0 saturated carbocycles. The summed E-state index contributed by atoms with van der Waals surface area (Å²) in [5.74, 6) is -0.492. The maximum atomic E-state index is 12.0. The summed E-state index contributed by atoms with van der Waals surface area (Å²) < 4.78 is 0. The lowest BCUT2D eigenvalue weighted by Gasteiger charge is -2.22. The average molecular weight is 348 g/mol. The van der Waals surface area contributed by atoms with Gasteiger partial charge in [0.25, 0.3) is 0 Å². The number of nitrogens with zero attached hydrogens (tertiary/aromatic N) is 1. The van der Waals surface area contributed by atoms with Crippen LogP contribution >= 0.6 is 0 Å². The van der Waals surface area contributed by atoms with E-state index in [2.05, 4.69) is 42.5 Å². The second kappa shape index (κ2) is 10.2. The molecule has 0 saturated heterocycles.